The van der Waals surface area contributed by atoms with Gasteiger partial charge in [0.05, 0.1) is 18.8 Å². The number of fused-ring (bicyclic) bond motifs is 1. The Hall–Kier alpha value is -2.41. The van der Waals surface area contributed by atoms with Crippen molar-refractivity contribution in [2.45, 2.75) is 6.04 Å². The fourth-order valence-electron chi connectivity index (χ4n) is 2.26. The van der Waals surface area contributed by atoms with E-state index in [0.29, 0.717) is 12.2 Å². The zero-order valence-electron chi connectivity index (χ0n) is 10.6. The molecular formula is C13H13N3O4. The lowest BCUT2D eigenvalue weighted by atomic mass is 10.1. The third-order valence-corrected chi connectivity index (χ3v) is 3.31. The van der Waals surface area contributed by atoms with E-state index in [2.05, 4.69) is 4.98 Å². The fourth-order valence-corrected chi connectivity index (χ4v) is 2.26. The number of hydrogen-bond donors (Lipinski definition) is 1. The van der Waals surface area contributed by atoms with Gasteiger partial charge in [0, 0.05) is 25.1 Å². The summed E-state index contributed by atoms with van der Waals surface area (Å²) < 4.78 is 6.85. The van der Waals surface area contributed by atoms with Crippen LogP contribution < -0.4 is 0 Å². The smallest absolute Gasteiger partial charge is 0.328 e. The molecular weight excluding hydrogens is 262 g/mol. The van der Waals surface area contributed by atoms with Crippen molar-refractivity contribution in [1.82, 2.24) is 14.3 Å². The van der Waals surface area contributed by atoms with Gasteiger partial charge in [-0.2, -0.15) is 0 Å². The summed E-state index contributed by atoms with van der Waals surface area (Å²) in [5, 5.41) is 9.15. The van der Waals surface area contributed by atoms with E-state index in [-0.39, 0.29) is 19.1 Å². The molecule has 1 amide bonds. The Morgan fingerprint density at radius 1 is 1.40 bits per heavy atom. The number of carboxylic acid groups (broad SMARTS) is 1. The summed E-state index contributed by atoms with van der Waals surface area (Å²) in [5.41, 5.74) is 1.17. The van der Waals surface area contributed by atoms with Gasteiger partial charge < -0.3 is 19.1 Å². The number of pyridine rings is 1. The van der Waals surface area contributed by atoms with Crippen LogP contribution in [0, 0.1) is 0 Å². The predicted molar refractivity (Wildman–Crippen MR) is 68.5 cm³/mol. The first kappa shape index (κ1) is 12.6. The van der Waals surface area contributed by atoms with E-state index in [0.717, 1.165) is 5.65 Å². The van der Waals surface area contributed by atoms with E-state index in [4.69, 9.17) is 9.84 Å². The zero-order valence-corrected chi connectivity index (χ0v) is 10.6. The molecule has 1 saturated heterocycles. The van der Waals surface area contributed by atoms with Crippen molar-refractivity contribution in [2.24, 2.45) is 0 Å². The van der Waals surface area contributed by atoms with Gasteiger partial charge in [-0.3, -0.25) is 4.79 Å². The molecule has 0 spiro atoms. The number of aliphatic carboxylic acids is 1. The number of carboxylic acids is 1. The van der Waals surface area contributed by atoms with Gasteiger partial charge in [-0.05, 0) is 12.1 Å². The molecule has 0 saturated carbocycles. The van der Waals surface area contributed by atoms with Gasteiger partial charge in [-0.1, -0.05) is 0 Å². The Morgan fingerprint density at radius 3 is 3.05 bits per heavy atom. The molecule has 104 valence electrons. The van der Waals surface area contributed by atoms with Crippen LogP contribution in [0.3, 0.4) is 0 Å². The van der Waals surface area contributed by atoms with Crippen molar-refractivity contribution >= 4 is 17.5 Å². The highest BCUT2D eigenvalue weighted by Crippen LogP contribution is 2.14. The number of amides is 1. The molecule has 7 heteroatoms. The third kappa shape index (κ3) is 2.12. The van der Waals surface area contributed by atoms with Gasteiger partial charge in [0.1, 0.15) is 5.65 Å². The van der Waals surface area contributed by atoms with Gasteiger partial charge >= 0.3 is 5.97 Å². The second-order valence-electron chi connectivity index (χ2n) is 4.54. The fraction of sp³-hybridized carbons (Fsp3) is 0.308. The molecule has 1 unspecified atom stereocenters. The largest absolute Gasteiger partial charge is 0.480 e. The molecule has 0 aliphatic carbocycles. The first-order valence-electron chi connectivity index (χ1n) is 6.21. The van der Waals surface area contributed by atoms with Gasteiger partial charge in [-0.25, -0.2) is 9.78 Å². The first-order valence-corrected chi connectivity index (χ1v) is 6.21. The molecule has 0 radical (unpaired) electrons. The van der Waals surface area contributed by atoms with Gasteiger partial charge in [-0.15, -0.1) is 0 Å². The van der Waals surface area contributed by atoms with E-state index in [1.165, 1.54) is 4.90 Å². The van der Waals surface area contributed by atoms with Crippen LogP contribution in [0.15, 0.2) is 30.7 Å². The maximum Gasteiger partial charge on any atom is 0.328 e. The van der Waals surface area contributed by atoms with Crippen LogP contribution in [-0.4, -0.2) is 57.1 Å². The highest BCUT2D eigenvalue weighted by atomic mass is 16.5. The van der Waals surface area contributed by atoms with E-state index >= 15 is 0 Å². The molecule has 1 aliphatic heterocycles. The lowest BCUT2D eigenvalue weighted by Gasteiger charge is -2.32. The minimum atomic E-state index is -1.05. The molecule has 0 bridgehead atoms. The number of nitrogens with zero attached hydrogens (tertiary/aromatic N) is 3. The standard InChI is InChI=1S/C13H13N3O4/c17-12(16-5-6-20-8-10(16)13(18)19)9-1-2-11-14-3-4-15(11)7-9/h1-4,7,10H,5-6,8H2,(H,18,19). The molecule has 0 aromatic carbocycles. The number of carbonyl (C=O) groups is 2. The summed E-state index contributed by atoms with van der Waals surface area (Å²) in [5.74, 6) is -1.36. The number of imidazole rings is 1. The Labute approximate surface area is 114 Å². The summed E-state index contributed by atoms with van der Waals surface area (Å²) in [7, 11) is 0. The first-order chi connectivity index (χ1) is 9.66. The Bertz CT molecular complexity index is 666. The zero-order chi connectivity index (χ0) is 14.1. The summed E-state index contributed by atoms with van der Waals surface area (Å²) in [4.78, 5) is 29.1. The molecule has 7 nitrogen and oxygen atoms in total. The number of aromatic nitrogens is 2. The lowest BCUT2D eigenvalue weighted by Crippen LogP contribution is -2.52. The second-order valence-corrected chi connectivity index (χ2v) is 4.54. The number of hydrogen-bond acceptors (Lipinski definition) is 4. The molecule has 1 atom stereocenters. The average Bonchev–Trinajstić information content (AvgIpc) is 2.93. The quantitative estimate of drug-likeness (QED) is 0.850. The monoisotopic (exact) mass is 275 g/mol. The predicted octanol–water partition coefficient (Wildman–Crippen LogP) is 0.260. The average molecular weight is 275 g/mol. The molecule has 3 rings (SSSR count). The van der Waals surface area contributed by atoms with Crippen molar-refractivity contribution in [3.63, 3.8) is 0 Å². The molecule has 2 aromatic heterocycles. The van der Waals surface area contributed by atoms with Crippen molar-refractivity contribution in [1.29, 1.82) is 0 Å². The third-order valence-electron chi connectivity index (χ3n) is 3.31. The van der Waals surface area contributed by atoms with Crippen LogP contribution in [0.25, 0.3) is 5.65 Å². The van der Waals surface area contributed by atoms with Gasteiger partial charge in [0.15, 0.2) is 6.04 Å². The van der Waals surface area contributed by atoms with E-state index in [9.17, 15) is 9.59 Å². The van der Waals surface area contributed by atoms with Gasteiger partial charge in [0.2, 0.25) is 0 Å². The topological polar surface area (TPSA) is 84.1 Å². The maximum absolute atomic E-state index is 12.5. The minimum Gasteiger partial charge on any atom is -0.480 e. The van der Waals surface area contributed by atoms with Gasteiger partial charge in [0.25, 0.3) is 5.91 Å². The lowest BCUT2D eigenvalue weighted by molar-refractivity contribution is -0.147. The summed E-state index contributed by atoms with van der Waals surface area (Å²) in [6.07, 6.45) is 5.03. The summed E-state index contributed by atoms with van der Waals surface area (Å²) >= 11 is 0. The van der Waals surface area contributed by atoms with Crippen LogP contribution in [0.2, 0.25) is 0 Å². The minimum absolute atomic E-state index is 0.0222. The van der Waals surface area contributed by atoms with Crippen molar-refractivity contribution < 1.29 is 19.4 Å². The highest BCUT2D eigenvalue weighted by molar-refractivity contribution is 5.96. The summed E-state index contributed by atoms with van der Waals surface area (Å²) in [6, 6.07) is 2.44. The maximum atomic E-state index is 12.5. The second kappa shape index (κ2) is 4.93. The van der Waals surface area contributed by atoms with Crippen LogP contribution >= 0.6 is 0 Å². The summed E-state index contributed by atoms with van der Waals surface area (Å²) in [6.45, 7) is 0.648. The molecule has 2 aromatic rings. The van der Waals surface area contributed by atoms with Crippen LogP contribution in [0.1, 0.15) is 10.4 Å². The normalized spacial score (nSPS) is 19.2. The van der Waals surface area contributed by atoms with Crippen molar-refractivity contribution in [3.8, 4) is 0 Å². The van der Waals surface area contributed by atoms with Crippen molar-refractivity contribution in [3.05, 3.63) is 36.3 Å². The Morgan fingerprint density at radius 2 is 2.25 bits per heavy atom. The van der Waals surface area contributed by atoms with E-state index in [1.54, 1.807) is 35.1 Å². The molecule has 1 aliphatic rings. The van der Waals surface area contributed by atoms with Crippen molar-refractivity contribution in [2.75, 3.05) is 19.8 Å². The molecule has 20 heavy (non-hydrogen) atoms. The number of ether oxygens (including phenoxy) is 1. The molecule has 1 N–H and O–H groups in total. The van der Waals surface area contributed by atoms with E-state index < -0.39 is 12.0 Å². The Balaban J connectivity index is 1.91. The number of morpholine rings is 1. The Kier molecular flexibility index (Phi) is 3.11. The number of rotatable bonds is 2. The SMILES string of the molecule is O=C(O)C1COCCN1C(=O)c1ccc2nccn2c1. The number of carbonyl (C=O) groups excluding carboxylic acids is 1. The highest BCUT2D eigenvalue weighted by Gasteiger charge is 2.33. The molecule has 1 fully saturated rings. The van der Waals surface area contributed by atoms with Crippen LogP contribution in [0.5, 0.6) is 0 Å². The van der Waals surface area contributed by atoms with E-state index in [1.807, 2.05) is 0 Å². The van der Waals surface area contributed by atoms with Crippen LogP contribution in [0.4, 0.5) is 0 Å². The van der Waals surface area contributed by atoms with Crippen LogP contribution in [-0.2, 0) is 9.53 Å². The molecule has 3 heterocycles.